The molecule has 1 heterocycles. The second-order valence-electron chi connectivity index (χ2n) is 5.19. The molecule has 4 heteroatoms. The third-order valence-corrected chi connectivity index (χ3v) is 4.48. The zero-order valence-corrected chi connectivity index (χ0v) is 14.3. The average molecular weight is 354 g/mol. The number of ether oxygens (including phenoxy) is 1. The van der Waals surface area contributed by atoms with Gasteiger partial charge >= 0.3 is 0 Å². The maximum atomic E-state index is 5.77. The first kappa shape index (κ1) is 15.5. The maximum Gasteiger partial charge on any atom is 0.122 e. The van der Waals surface area contributed by atoms with E-state index in [0.29, 0.717) is 12.5 Å². The molecule has 0 amide bonds. The normalized spacial score (nSPS) is 11.0. The third-order valence-electron chi connectivity index (χ3n) is 2.81. The number of halogens is 1. The predicted molar refractivity (Wildman–Crippen MR) is 89.3 cm³/mol. The van der Waals surface area contributed by atoms with Gasteiger partial charge in [0.05, 0.1) is 0 Å². The van der Waals surface area contributed by atoms with Gasteiger partial charge in [-0.15, -0.1) is 11.3 Å². The van der Waals surface area contributed by atoms with Crippen LogP contribution >= 0.6 is 27.3 Å². The molecule has 0 saturated carbocycles. The molecule has 1 N–H and O–H groups in total. The van der Waals surface area contributed by atoms with Gasteiger partial charge in [-0.2, -0.15) is 0 Å². The summed E-state index contributed by atoms with van der Waals surface area (Å²) in [7, 11) is 0. The van der Waals surface area contributed by atoms with E-state index < -0.39 is 0 Å². The summed E-state index contributed by atoms with van der Waals surface area (Å²) < 4.78 is 6.89. The van der Waals surface area contributed by atoms with Crippen molar-refractivity contribution in [2.24, 2.45) is 5.92 Å². The van der Waals surface area contributed by atoms with E-state index in [1.165, 1.54) is 10.4 Å². The van der Waals surface area contributed by atoms with Crippen LogP contribution in [0.4, 0.5) is 0 Å². The van der Waals surface area contributed by atoms with Crippen molar-refractivity contribution >= 4 is 27.3 Å². The van der Waals surface area contributed by atoms with Crippen molar-refractivity contribution < 1.29 is 4.74 Å². The standard InChI is InChI=1S/C16H20BrNOS/c1-12(2)8-18-9-13-3-5-15(6-4-13)19-10-16-7-14(17)11-20-16/h3-7,11-12,18H,8-10H2,1-2H3. The molecule has 0 aliphatic heterocycles. The fourth-order valence-electron chi connectivity index (χ4n) is 1.79. The summed E-state index contributed by atoms with van der Waals surface area (Å²) in [5, 5.41) is 5.51. The van der Waals surface area contributed by atoms with Crippen molar-refractivity contribution in [3.05, 3.63) is 50.6 Å². The van der Waals surface area contributed by atoms with Crippen LogP contribution in [0.1, 0.15) is 24.3 Å². The number of thiophene rings is 1. The maximum absolute atomic E-state index is 5.77. The van der Waals surface area contributed by atoms with Crippen LogP contribution < -0.4 is 10.1 Å². The summed E-state index contributed by atoms with van der Waals surface area (Å²) in [6.45, 7) is 7.02. The minimum absolute atomic E-state index is 0.626. The zero-order chi connectivity index (χ0) is 14.4. The molecule has 1 aromatic carbocycles. The molecule has 0 radical (unpaired) electrons. The van der Waals surface area contributed by atoms with Gasteiger partial charge in [0.15, 0.2) is 0 Å². The van der Waals surface area contributed by atoms with Gasteiger partial charge in [-0.1, -0.05) is 26.0 Å². The molecular formula is C16H20BrNOS. The molecule has 0 aliphatic rings. The van der Waals surface area contributed by atoms with E-state index in [4.69, 9.17) is 4.74 Å². The fourth-order valence-corrected chi connectivity index (χ4v) is 3.15. The second kappa shape index (κ2) is 7.81. The van der Waals surface area contributed by atoms with Crippen LogP contribution in [0.5, 0.6) is 5.75 Å². The van der Waals surface area contributed by atoms with Crippen LogP contribution in [-0.2, 0) is 13.2 Å². The fraction of sp³-hybridized carbons (Fsp3) is 0.375. The van der Waals surface area contributed by atoms with E-state index in [9.17, 15) is 0 Å². The van der Waals surface area contributed by atoms with E-state index in [2.05, 4.69) is 58.7 Å². The number of benzene rings is 1. The van der Waals surface area contributed by atoms with Gasteiger partial charge in [-0.25, -0.2) is 0 Å². The lowest BCUT2D eigenvalue weighted by molar-refractivity contribution is 0.309. The van der Waals surface area contributed by atoms with Crippen LogP contribution in [0.15, 0.2) is 40.2 Å². The van der Waals surface area contributed by atoms with E-state index in [-0.39, 0.29) is 0 Å². The molecule has 0 spiro atoms. The van der Waals surface area contributed by atoms with E-state index in [1.54, 1.807) is 11.3 Å². The van der Waals surface area contributed by atoms with Gasteiger partial charge in [-0.05, 0) is 52.2 Å². The molecule has 108 valence electrons. The molecule has 0 fully saturated rings. The topological polar surface area (TPSA) is 21.3 Å². The lowest BCUT2D eigenvalue weighted by Crippen LogP contribution is -2.18. The van der Waals surface area contributed by atoms with Crippen molar-refractivity contribution in [3.63, 3.8) is 0 Å². The molecule has 0 atom stereocenters. The molecule has 20 heavy (non-hydrogen) atoms. The highest BCUT2D eigenvalue weighted by atomic mass is 79.9. The molecule has 0 bridgehead atoms. The Labute approximate surface area is 133 Å². The lowest BCUT2D eigenvalue weighted by Gasteiger charge is -2.09. The van der Waals surface area contributed by atoms with E-state index >= 15 is 0 Å². The van der Waals surface area contributed by atoms with Gasteiger partial charge in [0.1, 0.15) is 12.4 Å². The average Bonchev–Trinajstić information content (AvgIpc) is 2.83. The summed E-state index contributed by atoms with van der Waals surface area (Å²) in [5.41, 5.74) is 1.29. The number of rotatable bonds is 7. The smallest absolute Gasteiger partial charge is 0.122 e. The van der Waals surface area contributed by atoms with Crippen LogP contribution in [0.2, 0.25) is 0 Å². The minimum atomic E-state index is 0.626. The van der Waals surface area contributed by atoms with Crippen LogP contribution in [-0.4, -0.2) is 6.54 Å². The van der Waals surface area contributed by atoms with Crippen LogP contribution in [0, 0.1) is 5.92 Å². The van der Waals surface area contributed by atoms with E-state index in [0.717, 1.165) is 23.3 Å². The lowest BCUT2D eigenvalue weighted by atomic mass is 10.2. The van der Waals surface area contributed by atoms with Crippen LogP contribution in [0.3, 0.4) is 0 Å². The summed E-state index contributed by atoms with van der Waals surface area (Å²) in [5.74, 6) is 1.60. The van der Waals surface area contributed by atoms with Gasteiger partial charge in [-0.3, -0.25) is 0 Å². The molecule has 1 aromatic heterocycles. The monoisotopic (exact) mass is 353 g/mol. The first-order chi connectivity index (χ1) is 9.63. The number of hydrogen-bond donors (Lipinski definition) is 1. The van der Waals surface area contributed by atoms with Crippen molar-refractivity contribution in [1.29, 1.82) is 0 Å². The Morgan fingerprint density at radius 2 is 2.00 bits per heavy atom. The third kappa shape index (κ3) is 5.27. The van der Waals surface area contributed by atoms with Gasteiger partial charge in [0.2, 0.25) is 0 Å². The van der Waals surface area contributed by atoms with Crippen molar-refractivity contribution in [2.45, 2.75) is 27.0 Å². The SMILES string of the molecule is CC(C)CNCc1ccc(OCc2cc(Br)cs2)cc1. The highest BCUT2D eigenvalue weighted by Gasteiger charge is 2.00. The van der Waals surface area contributed by atoms with Crippen molar-refractivity contribution in [3.8, 4) is 5.75 Å². The number of hydrogen-bond acceptors (Lipinski definition) is 3. The quantitative estimate of drug-likeness (QED) is 0.769. The summed E-state index contributed by atoms with van der Waals surface area (Å²) in [6, 6.07) is 10.4. The number of nitrogens with one attached hydrogen (secondary N) is 1. The van der Waals surface area contributed by atoms with Crippen LogP contribution in [0.25, 0.3) is 0 Å². The Morgan fingerprint density at radius 1 is 1.25 bits per heavy atom. The molecule has 0 saturated heterocycles. The second-order valence-corrected chi connectivity index (χ2v) is 7.10. The van der Waals surface area contributed by atoms with Crippen molar-refractivity contribution in [1.82, 2.24) is 5.32 Å². The molecule has 0 aliphatic carbocycles. The van der Waals surface area contributed by atoms with Crippen molar-refractivity contribution in [2.75, 3.05) is 6.54 Å². The highest BCUT2D eigenvalue weighted by Crippen LogP contribution is 2.21. The highest BCUT2D eigenvalue weighted by molar-refractivity contribution is 9.10. The molecular weight excluding hydrogens is 334 g/mol. The Bertz CT molecular complexity index is 522. The zero-order valence-electron chi connectivity index (χ0n) is 11.9. The molecule has 0 unspecified atom stereocenters. The Balaban J connectivity index is 1.79. The minimum Gasteiger partial charge on any atom is -0.488 e. The first-order valence-corrected chi connectivity index (χ1v) is 8.46. The molecule has 2 nitrogen and oxygen atoms in total. The van der Waals surface area contributed by atoms with Gasteiger partial charge in [0.25, 0.3) is 0 Å². The largest absolute Gasteiger partial charge is 0.488 e. The predicted octanol–water partition coefficient (Wildman–Crippen LogP) is 4.84. The van der Waals surface area contributed by atoms with E-state index in [1.807, 2.05) is 12.1 Å². The summed E-state index contributed by atoms with van der Waals surface area (Å²) in [4.78, 5) is 1.22. The first-order valence-electron chi connectivity index (χ1n) is 6.79. The van der Waals surface area contributed by atoms with Gasteiger partial charge in [0, 0.05) is 21.3 Å². The van der Waals surface area contributed by atoms with Gasteiger partial charge < -0.3 is 10.1 Å². The summed E-state index contributed by atoms with van der Waals surface area (Å²) >= 11 is 5.15. The Hall–Kier alpha value is -0.840. The Morgan fingerprint density at radius 3 is 2.60 bits per heavy atom. The summed E-state index contributed by atoms with van der Waals surface area (Å²) in [6.07, 6.45) is 0. The Kier molecular flexibility index (Phi) is 6.07. The molecule has 2 aromatic rings. The molecule has 2 rings (SSSR count).